The van der Waals surface area contributed by atoms with Crippen LogP contribution in [0.4, 0.5) is 5.69 Å². The minimum absolute atomic E-state index is 0.109. The first-order valence-corrected chi connectivity index (χ1v) is 7.50. The lowest BCUT2D eigenvalue weighted by Gasteiger charge is -2.16. The summed E-state index contributed by atoms with van der Waals surface area (Å²) in [5.41, 5.74) is 6.06. The number of hydrogen-bond acceptors (Lipinski definition) is 5. The number of aromatic nitrogens is 3. The quantitative estimate of drug-likeness (QED) is 0.803. The van der Waals surface area contributed by atoms with Gasteiger partial charge in [-0.05, 0) is 34.1 Å². The molecular weight excluding hydrogens is 334 g/mol. The second kappa shape index (κ2) is 5.27. The van der Waals surface area contributed by atoms with Gasteiger partial charge in [-0.15, -0.1) is 0 Å². The fourth-order valence-corrected chi connectivity index (χ4v) is 2.88. The van der Waals surface area contributed by atoms with Gasteiger partial charge in [-0.25, -0.2) is 13.4 Å². The van der Waals surface area contributed by atoms with E-state index in [0.29, 0.717) is 16.0 Å². The molecule has 0 saturated heterocycles. The summed E-state index contributed by atoms with van der Waals surface area (Å²) < 4.78 is 26.5. The summed E-state index contributed by atoms with van der Waals surface area (Å²) in [6.07, 6.45) is 1.33. The molecule has 9 heteroatoms. The van der Waals surface area contributed by atoms with Crippen molar-refractivity contribution in [1.29, 1.82) is 0 Å². The first-order valence-electron chi connectivity index (χ1n) is 5.27. The maximum atomic E-state index is 12.3. The Morgan fingerprint density at radius 2 is 2.21 bits per heavy atom. The average Bonchev–Trinajstić information content (AvgIpc) is 2.85. The maximum Gasteiger partial charge on any atom is 0.243 e. The second-order valence-electron chi connectivity index (χ2n) is 3.88. The Labute approximate surface area is 119 Å². The van der Waals surface area contributed by atoms with Crippen molar-refractivity contribution in [3.05, 3.63) is 34.8 Å². The van der Waals surface area contributed by atoms with E-state index in [1.54, 1.807) is 6.07 Å². The summed E-state index contributed by atoms with van der Waals surface area (Å²) in [7, 11) is -2.14. The van der Waals surface area contributed by atoms with Gasteiger partial charge < -0.3 is 5.73 Å². The van der Waals surface area contributed by atoms with Crippen molar-refractivity contribution in [1.82, 2.24) is 19.5 Å². The Kier molecular flexibility index (Phi) is 3.88. The number of nitrogen functional groups attached to an aromatic ring is 1. The highest BCUT2D eigenvalue weighted by Gasteiger charge is 2.22. The van der Waals surface area contributed by atoms with Crippen LogP contribution in [0.15, 0.2) is 33.9 Å². The summed E-state index contributed by atoms with van der Waals surface area (Å²) in [4.78, 5) is 4.02. The van der Waals surface area contributed by atoms with Crippen LogP contribution in [0.2, 0.25) is 0 Å². The van der Waals surface area contributed by atoms with Gasteiger partial charge in [-0.1, -0.05) is 0 Å². The van der Waals surface area contributed by atoms with Gasteiger partial charge in [-0.3, -0.25) is 5.10 Å². The van der Waals surface area contributed by atoms with E-state index >= 15 is 0 Å². The van der Waals surface area contributed by atoms with Gasteiger partial charge in [0.15, 0.2) is 0 Å². The summed E-state index contributed by atoms with van der Waals surface area (Å²) in [6.45, 7) is 0.109. The molecule has 1 aromatic heterocycles. The first kappa shape index (κ1) is 14.0. The maximum absolute atomic E-state index is 12.3. The molecular formula is C10H12BrN5O2S. The number of hydrogen-bond donors (Lipinski definition) is 2. The van der Waals surface area contributed by atoms with Gasteiger partial charge in [0.05, 0.1) is 11.4 Å². The number of nitrogens with zero attached hydrogens (tertiary/aromatic N) is 3. The molecule has 2 aromatic rings. The fourth-order valence-electron chi connectivity index (χ4n) is 1.47. The molecule has 0 radical (unpaired) electrons. The number of anilines is 1. The molecule has 102 valence electrons. The Bertz CT molecular complexity index is 671. The van der Waals surface area contributed by atoms with Crippen molar-refractivity contribution in [2.45, 2.75) is 11.4 Å². The number of halogens is 1. The van der Waals surface area contributed by atoms with Crippen molar-refractivity contribution in [2.24, 2.45) is 0 Å². The summed E-state index contributed by atoms with van der Waals surface area (Å²) in [6, 6.07) is 4.51. The third-order valence-electron chi connectivity index (χ3n) is 2.51. The van der Waals surface area contributed by atoms with Crippen molar-refractivity contribution in [2.75, 3.05) is 12.8 Å². The van der Waals surface area contributed by atoms with Gasteiger partial charge in [-0.2, -0.15) is 9.40 Å². The number of rotatable bonds is 4. The molecule has 0 aliphatic carbocycles. The fraction of sp³-hybridized carbons (Fsp3) is 0.200. The van der Waals surface area contributed by atoms with E-state index in [9.17, 15) is 8.42 Å². The zero-order valence-corrected chi connectivity index (χ0v) is 12.4. The third-order valence-corrected chi connectivity index (χ3v) is 5.03. The molecule has 3 N–H and O–H groups in total. The van der Waals surface area contributed by atoms with Gasteiger partial charge >= 0.3 is 0 Å². The summed E-state index contributed by atoms with van der Waals surface area (Å²) >= 11 is 3.23. The number of nitrogens with one attached hydrogen (secondary N) is 1. The van der Waals surface area contributed by atoms with E-state index < -0.39 is 10.0 Å². The Hall–Kier alpha value is -1.45. The molecule has 1 heterocycles. The number of H-pyrrole nitrogens is 1. The molecule has 2 rings (SSSR count). The molecule has 0 bridgehead atoms. The van der Waals surface area contributed by atoms with Crippen LogP contribution < -0.4 is 5.73 Å². The largest absolute Gasteiger partial charge is 0.398 e. The SMILES string of the molecule is CN(Cc1ncn[nH]1)S(=O)(=O)c1ccc(Br)c(N)c1. The molecule has 0 saturated carbocycles. The molecule has 0 unspecified atom stereocenters. The van der Waals surface area contributed by atoms with Gasteiger partial charge in [0.25, 0.3) is 0 Å². The van der Waals surface area contributed by atoms with E-state index in [1.165, 1.54) is 29.8 Å². The van der Waals surface area contributed by atoms with E-state index in [0.717, 1.165) is 0 Å². The topological polar surface area (TPSA) is 105 Å². The standard InChI is InChI=1S/C10H12BrN5O2S/c1-16(5-10-13-6-14-15-10)19(17,18)7-2-3-8(11)9(12)4-7/h2-4,6H,5,12H2,1H3,(H,13,14,15). The lowest BCUT2D eigenvalue weighted by molar-refractivity contribution is 0.457. The highest BCUT2D eigenvalue weighted by Crippen LogP contribution is 2.24. The third kappa shape index (κ3) is 2.94. The number of nitrogens with two attached hydrogens (primary N) is 1. The van der Waals surface area contributed by atoms with Crippen molar-refractivity contribution < 1.29 is 8.42 Å². The van der Waals surface area contributed by atoms with Crippen molar-refractivity contribution in [3.8, 4) is 0 Å². The zero-order valence-electron chi connectivity index (χ0n) is 10.0. The Morgan fingerprint density at radius 3 is 2.79 bits per heavy atom. The first-order chi connectivity index (χ1) is 8.91. The Morgan fingerprint density at radius 1 is 1.47 bits per heavy atom. The van der Waals surface area contributed by atoms with Gasteiger partial charge in [0, 0.05) is 17.2 Å². The second-order valence-corrected chi connectivity index (χ2v) is 6.78. The van der Waals surface area contributed by atoms with E-state index in [1.807, 2.05) is 0 Å². The van der Waals surface area contributed by atoms with E-state index in [2.05, 4.69) is 31.1 Å². The molecule has 19 heavy (non-hydrogen) atoms. The highest BCUT2D eigenvalue weighted by molar-refractivity contribution is 9.10. The van der Waals surface area contributed by atoms with Crippen molar-refractivity contribution in [3.63, 3.8) is 0 Å². The van der Waals surface area contributed by atoms with Crippen LogP contribution in [0.1, 0.15) is 5.82 Å². The van der Waals surface area contributed by atoms with Crippen LogP contribution >= 0.6 is 15.9 Å². The lowest BCUT2D eigenvalue weighted by Crippen LogP contribution is -2.27. The van der Waals surface area contributed by atoms with Crippen molar-refractivity contribution >= 4 is 31.6 Å². The molecule has 0 atom stereocenters. The molecule has 1 aromatic carbocycles. The van der Waals surface area contributed by atoms with E-state index in [4.69, 9.17) is 5.73 Å². The number of sulfonamides is 1. The number of benzene rings is 1. The van der Waals surface area contributed by atoms with Crippen LogP contribution in [-0.2, 0) is 16.6 Å². The lowest BCUT2D eigenvalue weighted by atomic mass is 10.3. The van der Waals surface area contributed by atoms with Gasteiger partial charge in [0.1, 0.15) is 12.2 Å². The normalized spacial score (nSPS) is 11.9. The molecule has 0 fully saturated rings. The van der Waals surface area contributed by atoms with Gasteiger partial charge in [0.2, 0.25) is 10.0 Å². The zero-order chi connectivity index (χ0) is 14.0. The van der Waals surface area contributed by atoms with Crippen LogP contribution in [-0.4, -0.2) is 35.0 Å². The highest BCUT2D eigenvalue weighted by atomic mass is 79.9. The molecule has 0 aliphatic rings. The molecule has 0 amide bonds. The van der Waals surface area contributed by atoms with Crippen LogP contribution in [0, 0.1) is 0 Å². The minimum Gasteiger partial charge on any atom is -0.398 e. The summed E-state index contributed by atoms with van der Waals surface area (Å²) in [5.74, 6) is 0.469. The molecule has 0 aliphatic heterocycles. The van der Waals surface area contributed by atoms with E-state index in [-0.39, 0.29) is 11.4 Å². The predicted octanol–water partition coefficient (Wildman–Crippen LogP) is 0.970. The monoisotopic (exact) mass is 345 g/mol. The van der Waals surface area contributed by atoms with Crippen LogP contribution in [0.5, 0.6) is 0 Å². The summed E-state index contributed by atoms with van der Waals surface area (Å²) in [5, 5.41) is 6.28. The van der Waals surface area contributed by atoms with Crippen LogP contribution in [0.25, 0.3) is 0 Å². The molecule has 7 nitrogen and oxygen atoms in total. The smallest absolute Gasteiger partial charge is 0.243 e. The molecule has 0 spiro atoms. The van der Waals surface area contributed by atoms with Crippen LogP contribution in [0.3, 0.4) is 0 Å². The average molecular weight is 346 g/mol. The predicted molar refractivity (Wildman–Crippen MR) is 73.6 cm³/mol. The number of aromatic amines is 1. The Balaban J connectivity index is 2.28. The minimum atomic E-state index is -3.61.